The minimum atomic E-state index is -0.944. The van der Waals surface area contributed by atoms with Crippen LogP contribution in [0.1, 0.15) is 25.3 Å². The molecule has 1 fully saturated rings. The Balaban J connectivity index is 2.65. The number of methoxy groups -OCH3 is 1. The first-order valence-electron chi connectivity index (χ1n) is 5.46. The van der Waals surface area contributed by atoms with Gasteiger partial charge in [0.15, 0.2) is 11.6 Å². The van der Waals surface area contributed by atoms with Crippen molar-refractivity contribution in [1.29, 1.82) is 0 Å². The summed E-state index contributed by atoms with van der Waals surface area (Å²) in [4.78, 5) is 0. The van der Waals surface area contributed by atoms with Crippen molar-refractivity contribution >= 4 is 11.6 Å². The first kappa shape index (κ1) is 12.6. The molecule has 0 aliphatic carbocycles. The lowest BCUT2D eigenvalue weighted by molar-refractivity contribution is 0.347. The topological polar surface area (TPSA) is 21.3 Å². The SMILES string of the molecule is COc1c(Cl)cc(F)c(F)c1C1(C)CCCN1. The maximum absolute atomic E-state index is 14.0. The predicted molar refractivity (Wildman–Crippen MR) is 62.5 cm³/mol. The third-order valence-electron chi connectivity index (χ3n) is 3.25. The Labute approximate surface area is 104 Å². The molecule has 2 rings (SSSR count). The van der Waals surface area contributed by atoms with Crippen LogP contribution < -0.4 is 10.1 Å². The highest BCUT2D eigenvalue weighted by Crippen LogP contribution is 2.42. The zero-order valence-electron chi connectivity index (χ0n) is 9.74. The molecule has 1 aliphatic heterocycles. The predicted octanol–water partition coefficient (Wildman–Crippen LogP) is 3.23. The van der Waals surface area contributed by atoms with E-state index in [0.717, 1.165) is 25.5 Å². The van der Waals surface area contributed by atoms with Crippen molar-refractivity contribution in [2.75, 3.05) is 13.7 Å². The van der Waals surface area contributed by atoms with E-state index in [4.69, 9.17) is 16.3 Å². The molecule has 1 heterocycles. The zero-order valence-corrected chi connectivity index (χ0v) is 10.5. The first-order chi connectivity index (χ1) is 7.99. The average Bonchev–Trinajstić information content (AvgIpc) is 2.71. The van der Waals surface area contributed by atoms with Gasteiger partial charge in [-0.1, -0.05) is 11.6 Å². The largest absolute Gasteiger partial charge is 0.495 e. The summed E-state index contributed by atoms with van der Waals surface area (Å²) in [7, 11) is 1.40. The fourth-order valence-corrected chi connectivity index (χ4v) is 2.65. The number of benzene rings is 1. The number of nitrogens with one attached hydrogen (secondary N) is 1. The molecule has 1 aliphatic rings. The van der Waals surface area contributed by atoms with Gasteiger partial charge in [0.05, 0.1) is 17.7 Å². The molecule has 5 heteroatoms. The van der Waals surface area contributed by atoms with Gasteiger partial charge in [-0.2, -0.15) is 0 Å². The molecule has 1 aromatic carbocycles. The molecule has 0 saturated carbocycles. The molecule has 94 valence electrons. The molecule has 2 nitrogen and oxygen atoms in total. The van der Waals surface area contributed by atoms with Crippen molar-refractivity contribution in [1.82, 2.24) is 5.32 Å². The van der Waals surface area contributed by atoms with Gasteiger partial charge in [-0.25, -0.2) is 8.78 Å². The molecule has 1 saturated heterocycles. The van der Waals surface area contributed by atoms with Crippen LogP contribution in [0.25, 0.3) is 0 Å². The molecule has 0 spiro atoms. The molecule has 0 radical (unpaired) electrons. The molecule has 1 atom stereocenters. The van der Waals surface area contributed by atoms with E-state index in [0.29, 0.717) is 0 Å². The van der Waals surface area contributed by atoms with Crippen LogP contribution in [-0.4, -0.2) is 13.7 Å². The van der Waals surface area contributed by atoms with Crippen molar-refractivity contribution in [3.63, 3.8) is 0 Å². The first-order valence-corrected chi connectivity index (χ1v) is 5.84. The fourth-order valence-electron chi connectivity index (χ4n) is 2.38. The van der Waals surface area contributed by atoms with Gasteiger partial charge in [0.1, 0.15) is 5.75 Å². The van der Waals surface area contributed by atoms with E-state index >= 15 is 0 Å². The summed E-state index contributed by atoms with van der Waals surface area (Å²) in [6.07, 6.45) is 1.63. The Hall–Kier alpha value is -0.870. The van der Waals surface area contributed by atoms with Crippen molar-refractivity contribution in [3.05, 3.63) is 28.3 Å². The van der Waals surface area contributed by atoms with Crippen molar-refractivity contribution < 1.29 is 13.5 Å². The minimum absolute atomic E-state index is 0.0938. The molecular weight excluding hydrogens is 248 g/mol. The number of ether oxygens (including phenoxy) is 1. The quantitative estimate of drug-likeness (QED) is 0.826. The maximum Gasteiger partial charge on any atom is 0.167 e. The van der Waals surface area contributed by atoms with Gasteiger partial charge in [-0.3, -0.25) is 0 Å². The van der Waals surface area contributed by atoms with Crippen molar-refractivity contribution in [2.45, 2.75) is 25.3 Å². The second-order valence-electron chi connectivity index (χ2n) is 4.42. The van der Waals surface area contributed by atoms with E-state index in [1.165, 1.54) is 7.11 Å². The van der Waals surface area contributed by atoms with E-state index < -0.39 is 17.2 Å². The summed E-state index contributed by atoms with van der Waals surface area (Å²) in [6, 6.07) is 0.942. The van der Waals surface area contributed by atoms with Crippen molar-refractivity contribution in [2.24, 2.45) is 0 Å². The van der Waals surface area contributed by atoms with Crippen LogP contribution >= 0.6 is 11.6 Å². The van der Waals surface area contributed by atoms with Crippen LogP contribution in [0.4, 0.5) is 8.78 Å². The van der Waals surface area contributed by atoms with E-state index in [9.17, 15) is 8.78 Å². The third-order valence-corrected chi connectivity index (χ3v) is 3.53. The highest BCUT2D eigenvalue weighted by Gasteiger charge is 2.37. The lowest BCUT2D eigenvalue weighted by Crippen LogP contribution is -2.35. The standard InChI is InChI=1S/C12H14ClF2NO/c1-12(4-3-5-16-12)9-10(15)8(14)6-7(13)11(9)17-2/h6,16H,3-5H2,1-2H3. The van der Waals surface area contributed by atoms with Crippen LogP contribution in [0.2, 0.25) is 5.02 Å². The highest BCUT2D eigenvalue weighted by molar-refractivity contribution is 6.32. The zero-order chi connectivity index (χ0) is 12.6. The van der Waals surface area contributed by atoms with Crippen LogP contribution in [0.15, 0.2) is 6.07 Å². The Morgan fingerprint density at radius 3 is 2.71 bits per heavy atom. The van der Waals surface area contributed by atoms with Gasteiger partial charge < -0.3 is 10.1 Å². The van der Waals surface area contributed by atoms with Gasteiger partial charge in [-0.05, 0) is 32.4 Å². The molecule has 1 unspecified atom stereocenters. The summed E-state index contributed by atoms with van der Waals surface area (Å²) in [6.45, 7) is 2.60. The highest BCUT2D eigenvalue weighted by atomic mass is 35.5. The van der Waals surface area contributed by atoms with Gasteiger partial charge in [-0.15, -0.1) is 0 Å². The lowest BCUT2D eigenvalue weighted by Gasteiger charge is -2.28. The number of rotatable bonds is 2. The second kappa shape index (κ2) is 4.42. The van der Waals surface area contributed by atoms with E-state index in [1.54, 1.807) is 0 Å². The molecular formula is C12H14ClF2NO. The van der Waals surface area contributed by atoms with Crippen LogP contribution in [0.3, 0.4) is 0 Å². The van der Waals surface area contributed by atoms with Crippen molar-refractivity contribution in [3.8, 4) is 5.75 Å². The van der Waals surface area contributed by atoms with E-state index in [2.05, 4.69) is 5.32 Å². The number of hydrogen-bond acceptors (Lipinski definition) is 2. The summed E-state index contributed by atoms with van der Waals surface area (Å²) in [5.74, 6) is -1.62. The van der Waals surface area contributed by atoms with Gasteiger partial charge >= 0.3 is 0 Å². The smallest absolute Gasteiger partial charge is 0.167 e. The normalized spacial score (nSPS) is 24.1. The van der Waals surface area contributed by atoms with Gasteiger partial charge in [0, 0.05) is 5.54 Å². The Kier molecular flexibility index (Phi) is 3.27. The molecule has 0 amide bonds. The molecule has 1 N–H and O–H groups in total. The van der Waals surface area contributed by atoms with E-state index in [1.807, 2.05) is 6.92 Å². The monoisotopic (exact) mass is 261 g/mol. The van der Waals surface area contributed by atoms with E-state index in [-0.39, 0.29) is 16.3 Å². The maximum atomic E-state index is 14.0. The summed E-state index contributed by atoms with van der Waals surface area (Å²) < 4.78 is 32.5. The average molecular weight is 262 g/mol. The molecule has 0 aromatic heterocycles. The van der Waals surface area contributed by atoms with Gasteiger partial charge in [0.2, 0.25) is 0 Å². The van der Waals surface area contributed by atoms with Gasteiger partial charge in [0.25, 0.3) is 0 Å². The van der Waals surface area contributed by atoms with Crippen LogP contribution in [-0.2, 0) is 5.54 Å². The number of hydrogen-bond donors (Lipinski definition) is 1. The summed E-state index contributed by atoms with van der Waals surface area (Å²) in [5, 5.41) is 3.27. The summed E-state index contributed by atoms with van der Waals surface area (Å²) >= 11 is 5.89. The Morgan fingerprint density at radius 1 is 1.47 bits per heavy atom. The Bertz CT molecular complexity index is 445. The summed E-state index contributed by atoms with van der Waals surface area (Å²) in [5.41, 5.74) is -0.441. The lowest BCUT2D eigenvalue weighted by atomic mass is 9.89. The molecule has 17 heavy (non-hydrogen) atoms. The number of halogens is 3. The fraction of sp³-hybridized carbons (Fsp3) is 0.500. The molecule has 1 aromatic rings. The third kappa shape index (κ3) is 2.00. The second-order valence-corrected chi connectivity index (χ2v) is 4.83. The van der Waals surface area contributed by atoms with Crippen LogP contribution in [0.5, 0.6) is 5.75 Å². The van der Waals surface area contributed by atoms with Crippen LogP contribution in [0, 0.1) is 11.6 Å². The molecule has 0 bridgehead atoms. The Morgan fingerprint density at radius 2 is 2.18 bits per heavy atom. The minimum Gasteiger partial charge on any atom is -0.495 e.